The van der Waals surface area contributed by atoms with E-state index in [0.29, 0.717) is 6.54 Å². The van der Waals surface area contributed by atoms with Crippen molar-refractivity contribution in [1.82, 2.24) is 10.2 Å². The van der Waals surface area contributed by atoms with E-state index < -0.39 is 0 Å². The van der Waals surface area contributed by atoms with E-state index in [1.54, 1.807) is 0 Å². The molecule has 3 nitrogen and oxygen atoms in total. The van der Waals surface area contributed by atoms with E-state index in [-0.39, 0.29) is 6.03 Å². The molecule has 0 radical (unpaired) electrons. The van der Waals surface area contributed by atoms with Gasteiger partial charge in [-0.2, -0.15) is 0 Å². The Morgan fingerprint density at radius 1 is 1.17 bits per heavy atom. The molecule has 18 heavy (non-hydrogen) atoms. The van der Waals surface area contributed by atoms with Crippen molar-refractivity contribution in [3.05, 3.63) is 35.9 Å². The number of hydrogen-bond acceptors (Lipinski definition) is 1. The van der Waals surface area contributed by atoms with E-state index >= 15 is 0 Å². The Bertz CT molecular complexity index is 338. The standard InChI is InChI=1S/C15H24N2O/c1-3-5-9-12-16-15(18)17(4-2)13-14-10-7-6-8-11-14/h6-8,10-11H,3-5,9,12-13H2,1-2H3,(H,16,18). The summed E-state index contributed by atoms with van der Waals surface area (Å²) in [6.45, 7) is 6.35. The minimum atomic E-state index is 0.0393. The number of nitrogens with one attached hydrogen (secondary N) is 1. The lowest BCUT2D eigenvalue weighted by atomic mass is 10.2. The second kappa shape index (κ2) is 8.56. The van der Waals surface area contributed by atoms with Crippen LogP contribution >= 0.6 is 0 Å². The molecule has 1 N–H and O–H groups in total. The molecular weight excluding hydrogens is 224 g/mol. The molecule has 0 spiro atoms. The number of benzene rings is 1. The molecule has 0 fully saturated rings. The van der Waals surface area contributed by atoms with Crippen LogP contribution in [0.2, 0.25) is 0 Å². The molecule has 1 aromatic rings. The maximum Gasteiger partial charge on any atom is 0.317 e. The first kappa shape index (κ1) is 14.6. The number of carbonyl (C=O) groups is 1. The zero-order chi connectivity index (χ0) is 13.2. The predicted molar refractivity (Wildman–Crippen MR) is 75.4 cm³/mol. The summed E-state index contributed by atoms with van der Waals surface area (Å²) in [5, 5.41) is 2.98. The number of unbranched alkanes of at least 4 members (excludes halogenated alkanes) is 2. The van der Waals surface area contributed by atoms with E-state index in [2.05, 4.69) is 12.2 Å². The quantitative estimate of drug-likeness (QED) is 0.737. The van der Waals surface area contributed by atoms with E-state index in [9.17, 15) is 4.79 Å². The molecule has 0 saturated heterocycles. The van der Waals surface area contributed by atoms with Crippen molar-refractivity contribution < 1.29 is 4.79 Å². The molecule has 0 aliphatic heterocycles. The first-order valence-electron chi connectivity index (χ1n) is 6.84. The third kappa shape index (κ3) is 5.21. The van der Waals surface area contributed by atoms with Crippen molar-refractivity contribution >= 4 is 6.03 Å². The van der Waals surface area contributed by atoms with Crippen molar-refractivity contribution in [1.29, 1.82) is 0 Å². The number of urea groups is 1. The van der Waals surface area contributed by atoms with Gasteiger partial charge in [0.25, 0.3) is 0 Å². The van der Waals surface area contributed by atoms with Gasteiger partial charge in [-0.3, -0.25) is 0 Å². The lowest BCUT2D eigenvalue weighted by molar-refractivity contribution is 0.198. The molecule has 100 valence electrons. The molecule has 3 heteroatoms. The van der Waals surface area contributed by atoms with Crippen molar-refractivity contribution in [3.63, 3.8) is 0 Å². The van der Waals surface area contributed by atoms with E-state index in [1.807, 2.05) is 42.2 Å². The van der Waals surface area contributed by atoms with Crippen LogP contribution in [0.25, 0.3) is 0 Å². The minimum Gasteiger partial charge on any atom is -0.338 e. The number of nitrogens with zero attached hydrogens (tertiary/aromatic N) is 1. The van der Waals surface area contributed by atoms with E-state index in [4.69, 9.17) is 0 Å². The molecule has 2 amide bonds. The van der Waals surface area contributed by atoms with Gasteiger partial charge in [0, 0.05) is 19.6 Å². The summed E-state index contributed by atoms with van der Waals surface area (Å²) in [5.41, 5.74) is 1.17. The second-order valence-electron chi connectivity index (χ2n) is 4.44. The fraction of sp³-hybridized carbons (Fsp3) is 0.533. The number of hydrogen-bond donors (Lipinski definition) is 1. The molecule has 1 rings (SSSR count). The maximum atomic E-state index is 12.0. The summed E-state index contributed by atoms with van der Waals surface area (Å²) in [6.07, 6.45) is 3.41. The zero-order valence-electron chi connectivity index (χ0n) is 11.5. The van der Waals surface area contributed by atoms with Gasteiger partial charge in [0.15, 0.2) is 0 Å². The molecule has 0 atom stereocenters. The average Bonchev–Trinajstić information content (AvgIpc) is 2.42. The molecule has 0 bridgehead atoms. The Labute approximate surface area is 110 Å². The van der Waals surface area contributed by atoms with Crippen LogP contribution in [0, 0.1) is 0 Å². The van der Waals surface area contributed by atoms with Crippen LogP contribution in [0.1, 0.15) is 38.7 Å². The molecular formula is C15H24N2O. The monoisotopic (exact) mass is 248 g/mol. The van der Waals surface area contributed by atoms with Gasteiger partial charge in [-0.15, -0.1) is 0 Å². The molecule has 0 unspecified atom stereocenters. The molecule has 0 aliphatic carbocycles. The molecule has 1 aromatic carbocycles. The normalized spacial score (nSPS) is 10.1. The van der Waals surface area contributed by atoms with Crippen LogP contribution in [-0.2, 0) is 6.54 Å². The molecule has 0 aliphatic rings. The predicted octanol–water partition coefficient (Wildman–Crippen LogP) is 3.41. The summed E-state index contributed by atoms with van der Waals surface area (Å²) >= 11 is 0. The van der Waals surface area contributed by atoms with Crippen LogP contribution in [0.4, 0.5) is 4.79 Å². The molecule has 0 aromatic heterocycles. The van der Waals surface area contributed by atoms with Gasteiger partial charge in [-0.05, 0) is 18.9 Å². The average molecular weight is 248 g/mol. The minimum absolute atomic E-state index is 0.0393. The summed E-state index contributed by atoms with van der Waals surface area (Å²) in [5.74, 6) is 0. The zero-order valence-corrected chi connectivity index (χ0v) is 11.5. The highest BCUT2D eigenvalue weighted by atomic mass is 16.2. The SMILES string of the molecule is CCCCCNC(=O)N(CC)Cc1ccccc1. The van der Waals surface area contributed by atoms with Gasteiger partial charge >= 0.3 is 6.03 Å². The van der Waals surface area contributed by atoms with Gasteiger partial charge in [0.2, 0.25) is 0 Å². The third-order valence-electron chi connectivity index (χ3n) is 2.94. The topological polar surface area (TPSA) is 32.3 Å². The largest absolute Gasteiger partial charge is 0.338 e. The lowest BCUT2D eigenvalue weighted by Gasteiger charge is -2.21. The Morgan fingerprint density at radius 3 is 2.50 bits per heavy atom. The van der Waals surface area contributed by atoms with Crippen molar-refractivity contribution in [2.75, 3.05) is 13.1 Å². The van der Waals surface area contributed by atoms with Gasteiger partial charge in [0.05, 0.1) is 0 Å². The van der Waals surface area contributed by atoms with Gasteiger partial charge in [-0.1, -0.05) is 50.1 Å². The highest BCUT2D eigenvalue weighted by Gasteiger charge is 2.10. The number of rotatable bonds is 7. The van der Waals surface area contributed by atoms with Crippen molar-refractivity contribution in [2.24, 2.45) is 0 Å². The Hall–Kier alpha value is -1.51. The highest BCUT2D eigenvalue weighted by Crippen LogP contribution is 2.04. The van der Waals surface area contributed by atoms with Crippen molar-refractivity contribution in [3.8, 4) is 0 Å². The fourth-order valence-corrected chi connectivity index (χ4v) is 1.81. The summed E-state index contributed by atoms with van der Waals surface area (Å²) < 4.78 is 0. The summed E-state index contributed by atoms with van der Waals surface area (Å²) in [4.78, 5) is 13.8. The number of carbonyl (C=O) groups excluding carboxylic acids is 1. The Morgan fingerprint density at radius 2 is 1.89 bits per heavy atom. The molecule has 0 heterocycles. The van der Waals surface area contributed by atoms with Gasteiger partial charge in [-0.25, -0.2) is 4.79 Å². The van der Waals surface area contributed by atoms with Gasteiger partial charge < -0.3 is 10.2 Å². The second-order valence-corrected chi connectivity index (χ2v) is 4.44. The Kier molecular flexibility index (Phi) is 6.92. The highest BCUT2D eigenvalue weighted by molar-refractivity contribution is 5.74. The van der Waals surface area contributed by atoms with Crippen molar-refractivity contribution in [2.45, 2.75) is 39.7 Å². The Balaban J connectivity index is 2.38. The van der Waals surface area contributed by atoms with Crippen LogP contribution in [-0.4, -0.2) is 24.0 Å². The fourth-order valence-electron chi connectivity index (χ4n) is 1.81. The van der Waals surface area contributed by atoms with Crippen LogP contribution in [0.5, 0.6) is 0 Å². The van der Waals surface area contributed by atoms with Crippen LogP contribution in [0.15, 0.2) is 30.3 Å². The number of amides is 2. The first-order chi connectivity index (χ1) is 8.77. The third-order valence-corrected chi connectivity index (χ3v) is 2.94. The summed E-state index contributed by atoms with van der Waals surface area (Å²) in [6, 6.07) is 10.1. The van der Waals surface area contributed by atoms with Gasteiger partial charge in [0.1, 0.15) is 0 Å². The van der Waals surface area contributed by atoms with E-state index in [0.717, 1.165) is 19.5 Å². The maximum absolute atomic E-state index is 12.0. The van der Waals surface area contributed by atoms with E-state index in [1.165, 1.54) is 18.4 Å². The smallest absolute Gasteiger partial charge is 0.317 e. The van der Waals surface area contributed by atoms with Crippen LogP contribution < -0.4 is 5.32 Å². The first-order valence-corrected chi connectivity index (χ1v) is 6.84. The summed E-state index contributed by atoms with van der Waals surface area (Å²) in [7, 11) is 0. The lowest BCUT2D eigenvalue weighted by Crippen LogP contribution is -2.39. The van der Waals surface area contributed by atoms with Crippen LogP contribution in [0.3, 0.4) is 0 Å². The molecule has 0 saturated carbocycles.